The van der Waals surface area contributed by atoms with Gasteiger partial charge in [0.15, 0.2) is 5.75 Å². The Hall–Kier alpha value is -1.87. The molecule has 1 amide bonds. The molecule has 104 valence electrons. The highest BCUT2D eigenvalue weighted by molar-refractivity contribution is 6.37. The average Bonchev–Trinajstić information content (AvgIpc) is 2.67. The number of hydrogen-bond acceptors (Lipinski definition) is 4. The van der Waals surface area contributed by atoms with Crippen molar-refractivity contribution in [2.45, 2.75) is 6.35 Å². The van der Waals surface area contributed by atoms with Crippen molar-refractivity contribution < 1.29 is 14.6 Å². The Morgan fingerprint density at radius 2 is 2.05 bits per heavy atom. The Bertz CT molecular complexity index is 600. The zero-order chi connectivity index (χ0) is 14.7. The maximum atomic E-state index is 11.5. The van der Waals surface area contributed by atoms with Gasteiger partial charge in [0.2, 0.25) is 6.35 Å². The second kappa shape index (κ2) is 6.06. The van der Waals surface area contributed by atoms with Crippen molar-refractivity contribution in [3.8, 4) is 18.1 Å². The predicted octanol–water partition coefficient (Wildman–Crippen LogP) is 1.34. The average molecular weight is 313 g/mol. The van der Waals surface area contributed by atoms with Crippen molar-refractivity contribution >= 4 is 35.2 Å². The van der Waals surface area contributed by atoms with Gasteiger partial charge in [0.05, 0.1) is 10.0 Å². The zero-order valence-electron chi connectivity index (χ0n) is 10.1. The first kappa shape index (κ1) is 14.5. The summed E-state index contributed by atoms with van der Waals surface area (Å²) >= 11 is 12.1. The molecule has 1 aromatic carbocycles. The van der Waals surface area contributed by atoms with Crippen molar-refractivity contribution in [1.29, 1.82) is 0 Å². The van der Waals surface area contributed by atoms with Crippen LogP contribution in [-0.4, -0.2) is 24.0 Å². The van der Waals surface area contributed by atoms with E-state index in [-0.39, 0.29) is 28.1 Å². The van der Waals surface area contributed by atoms with E-state index in [1.165, 1.54) is 6.08 Å². The third-order valence-corrected chi connectivity index (χ3v) is 3.00. The molecule has 0 radical (unpaired) electrons. The molecule has 1 aliphatic rings. The molecule has 1 unspecified atom stereocenters. The fraction of sp³-hybridized carbons (Fsp3) is 0.154. The van der Waals surface area contributed by atoms with Crippen LogP contribution in [0.5, 0.6) is 5.75 Å². The van der Waals surface area contributed by atoms with Crippen LogP contribution >= 0.6 is 23.2 Å². The number of amides is 1. The molecule has 0 spiro atoms. The van der Waals surface area contributed by atoms with Crippen molar-refractivity contribution in [3.05, 3.63) is 33.4 Å². The molecule has 1 aromatic rings. The number of aliphatic hydroxyl groups is 1. The first-order valence-corrected chi connectivity index (χ1v) is 6.29. The Kier molecular flexibility index (Phi) is 4.40. The third kappa shape index (κ3) is 3.17. The van der Waals surface area contributed by atoms with E-state index in [0.29, 0.717) is 5.56 Å². The van der Waals surface area contributed by atoms with Crippen molar-refractivity contribution in [2.75, 3.05) is 6.61 Å². The fourth-order valence-corrected chi connectivity index (χ4v) is 2.25. The summed E-state index contributed by atoms with van der Waals surface area (Å²) in [5, 5.41) is 14.6. The van der Waals surface area contributed by atoms with Crippen LogP contribution in [0, 0.1) is 12.3 Å². The largest absolute Gasteiger partial charge is 0.478 e. The van der Waals surface area contributed by atoms with Crippen molar-refractivity contribution in [1.82, 2.24) is 10.6 Å². The summed E-state index contributed by atoms with van der Waals surface area (Å²) in [5.41, 5.74) is 0.793. The van der Waals surface area contributed by atoms with Crippen LogP contribution in [0.25, 0.3) is 6.08 Å². The molecule has 0 aromatic heterocycles. The maximum Gasteiger partial charge on any atom is 0.270 e. The van der Waals surface area contributed by atoms with Gasteiger partial charge in [-0.05, 0) is 23.8 Å². The van der Waals surface area contributed by atoms with E-state index in [9.17, 15) is 9.90 Å². The molecular weight excluding hydrogens is 303 g/mol. The van der Waals surface area contributed by atoms with Gasteiger partial charge in [0.1, 0.15) is 12.3 Å². The Balaban J connectivity index is 2.29. The van der Waals surface area contributed by atoms with Gasteiger partial charge >= 0.3 is 0 Å². The maximum absolute atomic E-state index is 11.5. The minimum Gasteiger partial charge on any atom is -0.478 e. The summed E-state index contributed by atoms with van der Waals surface area (Å²) in [6.07, 6.45) is 5.51. The first-order chi connectivity index (χ1) is 9.51. The van der Waals surface area contributed by atoms with Crippen LogP contribution < -0.4 is 15.4 Å². The summed E-state index contributed by atoms with van der Waals surface area (Å²) in [4.78, 5) is 11.5. The van der Waals surface area contributed by atoms with E-state index in [1.54, 1.807) is 12.1 Å². The Morgan fingerprint density at radius 1 is 1.40 bits per heavy atom. The van der Waals surface area contributed by atoms with Crippen LogP contribution in [0.3, 0.4) is 0 Å². The van der Waals surface area contributed by atoms with E-state index in [1.807, 2.05) is 0 Å². The van der Waals surface area contributed by atoms with E-state index < -0.39 is 12.3 Å². The van der Waals surface area contributed by atoms with Gasteiger partial charge in [-0.25, -0.2) is 0 Å². The minimum absolute atomic E-state index is 0.0516. The van der Waals surface area contributed by atoms with Crippen molar-refractivity contribution in [2.24, 2.45) is 0 Å². The molecule has 1 saturated heterocycles. The molecule has 1 fully saturated rings. The van der Waals surface area contributed by atoms with Crippen LogP contribution in [0.2, 0.25) is 10.0 Å². The van der Waals surface area contributed by atoms with Gasteiger partial charge in [-0.2, -0.15) is 0 Å². The van der Waals surface area contributed by atoms with Crippen LogP contribution in [0.4, 0.5) is 0 Å². The third-order valence-electron chi connectivity index (χ3n) is 2.44. The van der Waals surface area contributed by atoms with Gasteiger partial charge in [-0.3, -0.25) is 4.79 Å². The van der Waals surface area contributed by atoms with Gasteiger partial charge in [-0.1, -0.05) is 29.1 Å². The molecule has 0 aliphatic carbocycles. The Labute approximate surface area is 125 Å². The molecule has 5 nitrogen and oxygen atoms in total. The SMILES string of the molecule is C#CCOc1c(Cl)cc(/C=C2/NC(O)NC2=O)cc1Cl. The zero-order valence-corrected chi connectivity index (χ0v) is 11.6. The summed E-state index contributed by atoms with van der Waals surface area (Å²) in [5.74, 6) is 2.18. The quantitative estimate of drug-likeness (QED) is 0.582. The highest BCUT2D eigenvalue weighted by Gasteiger charge is 2.23. The number of halogens is 2. The minimum atomic E-state index is -1.10. The van der Waals surface area contributed by atoms with E-state index in [2.05, 4.69) is 16.6 Å². The van der Waals surface area contributed by atoms with Gasteiger partial charge < -0.3 is 20.5 Å². The van der Waals surface area contributed by atoms with E-state index in [4.69, 9.17) is 34.4 Å². The summed E-state index contributed by atoms with van der Waals surface area (Å²) in [6.45, 7) is 0.0516. The lowest BCUT2D eigenvalue weighted by Crippen LogP contribution is -2.30. The lowest BCUT2D eigenvalue weighted by molar-refractivity contribution is -0.117. The number of rotatable bonds is 3. The number of hydrogen-bond donors (Lipinski definition) is 3. The second-order valence-corrected chi connectivity index (χ2v) is 4.70. The van der Waals surface area contributed by atoms with E-state index in [0.717, 1.165) is 0 Å². The van der Waals surface area contributed by atoms with Gasteiger partial charge in [0, 0.05) is 0 Å². The number of nitrogens with one attached hydrogen (secondary N) is 2. The second-order valence-electron chi connectivity index (χ2n) is 3.88. The van der Waals surface area contributed by atoms with Crippen molar-refractivity contribution in [3.63, 3.8) is 0 Å². The molecule has 2 rings (SSSR count). The lowest BCUT2D eigenvalue weighted by Gasteiger charge is -2.08. The molecule has 0 bridgehead atoms. The standard InChI is InChI=1S/C13H10Cl2N2O3/c1-2-3-20-11-8(14)4-7(5-9(11)15)6-10-12(18)17-13(19)16-10/h1,4-6,13,16,19H,3H2,(H,17,18)/b10-6+. The Morgan fingerprint density at radius 3 is 2.55 bits per heavy atom. The van der Waals surface area contributed by atoms with Crippen LogP contribution in [0.15, 0.2) is 17.8 Å². The van der Waals surface area contributed by atoms with E-state index >= 15 is 0 Å². The highest BCUT2D eigenvalue weighted by atomic mass is 35.5. The molecule has 1 aliphatic heterocycles. The van der Waals surface area contributed by atoms with Crippen LogP contribution in [-0.2, 0) is 4.79 Å². The predicted molar refractivity (Wildman–Crippen MR) is 76.1 cm³/mol. The van der Waals surface area contributed by atoms with Crippen LogP contribution in [0.1, 0.15) is 5.56 Å². The topological polar surface area (TPSA) is 70.6 Å². The summed E-state index contributed by atoms with van der Waals surface area (Å²) in [6, 6.07) is 3.15. The molecule has 7 heteroatoms. The number of terminal acetylenes is 1. The summed E-state index contributed by atoms with van der Waals surface area (Å²) in [7, 11) is 0. The molecular formula is C13H10Cl2N2O3. The fourth-order valence-electron chi connectivity index (χ4n) is 1.64. The first-order valence-electron chi connectivity index (χ1n) is 5.53. The number of ether oxygens (including phenoxy) is 1. The molecule has 1 atom stereocenters. The molecule has 0 saturated carbocycles. The lowest BCUT2D eigenvalue weighted by atomic mass is 10.2. The van der Waals surface area contributed by atoms with Gasteiger partial charge in [0.25, 0.3) is 5.91 Å². The number of aliphatic hydroxyl groups excluding tert-OH is 1. The smallest absolute Gasteiger partial charge is 0.270 e. The molecule has 1 heterocycles. The van der Waals surface area contributed by atoms with Gasteiger partial charge in [-0.15, -0.1) is 6.42 Å². The monoisotopic (exact) mass is 312 g/mol. The molecule has 20 heavy (non-hydrogen) atoms. The number of carbonyl (C=O) groups is 1. The number of carbonyl (C=O) groups excluding carboxylic acids is 1. The normalized spacial score (nSPS) is 19.4. The number of benzene rings is 1. The summed E-state index contributed by atoms with van der Waals surface area (Å²) < 4.78 is 5.22. The molecule has 3 N–H and O–H groups in total. The highest BCUT2D eigenvalue weighted by Crippen LogP contribution is 2.34.